The van der Waals surface area contributed by atoms with Crippen LogP contribution in [0.3, 0.4) is 0 Å². The second-order valence-electron chi connectivity index (χ2n) is 5.61. The van der Waals surface area contributed by atoms with E-state index in [9.17, 15) is 14.4 Å². The Morgan fingerprint density at radius 1 is 1.23 bits per heavy atom. The first-order valence-corrected chi connectivity index (χ1v) is 7.27. The number of carboxylic acids is 1. The number of hydrogen-bond acceptors (Lipinski definition) is 3. The predicted molar refractivity (Wildman–Crippen MR) is 80.1 cm³/mol. The lowest BCUT2D eigenvalue weighted by atomic mass is 10.1. The third kappa shape index (κ3) is 4.07. The number of hydrogen-bond donors (Lipinski definition) is 2. The average Bonchev–Trinajstić information content (AvgIpc) is 3.25. The van der Waals surface area contributed by atoms with Crippen molar-refractivity contribution in [1.82, 2.24) is 10.2 Å². The van der Waals surface area contributed by atoms with Gasteiger partial charge in [-0.05, 0) is 24.8 Å². The first kappa shape index (κ1) is 16.0. The van der Waals surface area contributed by atoms with E-state index in [1.165, 1.54) is 11.8 Å². The van der Waals surface area contributed by atoms with Crippen LogP contribution in [0.2, 0.25) is 0 Å². The summed E-state index contributed by atoms with van der Waals surface area (Å²) >= 11 is 0. The van der Waals surface area contributed by atoms with Gasteiger partial charge in [0.05, 0.1) is 6.54 Å². The summed E-state index contributed by atoms with van der Waals surface area (Å²) < 4.78 is 0. The normalized spacial score (nSPS) is 15.0. The number of carbonyl (C=O) groups excluding carboxylic acids is 2. The fourth-order valence-corrected chi connectivity index (χ4v) is 2.25. The lowest BCUT2D eigenvalue weighted by molar-refractivity contribution is -0.143. The largest absolute Gasteiger partial charge is 0.480 e. The summed E-state index contributed by atoms with van der Waals surface area (Å²) in [5, 5.41) is 11.6. The van der Waals surface area contributed by atoms with Crippen molar-refractivity contribution in [3.63, 3.8) is 0 Å². The molecule has 2 N–H and O–H groups in total. The van der Waals surface area contributed by atoms with Gasteiger partial charge in [0, 0.05) is 13.5 Å². The number of amides is 2. The Morgan fingerprint density at radius 3 is 2.36 bits per heavy atom. The number of carbonyl (C=O) groups is 3. The zero-order valence-electron chi connectivity index (χ0n) is 12.5. The van der Waals surface area contributed by atoms with Crippen molar-refractivity contribution >= 4 is 17.8 Å². The van der Waals surface area contributed by atoms with Crippen LogP contribution in [-0.4, -0.2) is 46.4 Å². The third-order valence-corrected chi connectivity index (χ3v) is 3.83. The molecule has 0 heterocycles. The van der Waals surface area contributed by atoms with Gasteiger partial charge in [0.2, 0.25) is 11.8 Å². The van der Waals surface area contributed by atoms with Crippen LogP contribution >= 0.6 is 0 Å². The molecule has 1 aromatic carbocycles. The second kappa shape index (κ2) is 6.60. The number of rotatable bonds is 7. The second-order valence-corrected chi connectivity index (χ2v) is 5.61. The summed E-state index contributed by atoms with van der Waals surface area (Å²) in [4.78, 5) is 36.1. The molecule has 1 fully saturated rings. The SMILES string of the molecule is CC(=O)N(CCc1ccccc1)CC(=O)NC1(C(=O)O)CC1. The molecule has 6 nitrogen and oxygen atoms in total. The van der Waals surface area contributed by atoms with Gasteiger partial charge in [-0.15, -0.1) is 0 Å². The summed E-state index contributed by atoms with van der Waals surface area (Å²) in [6.45, 7) is 1.71. The summed E-state index contributed by atoms with van der Waals surface area (Å²) in [6, 6.07) is 9.68. The highest BCUT2D eigenvalue weighted by Crippen LogP contribution is 2.35. The first-order chi connectivity index (χ1) is 10.4. The van der Waals surface area contributed by atoms with Gasteiger partial charge in [0.25, 0.3) is 0 Å². The van der Waals surface area contributed by atoms with Crippen molar-refractivity contribution in [2.45, 2.75) is 31.7 Å². The summed E-state index contributed by atoms with van der Waals surface area (Å²) in [5.74, 6) is -1.64. The van der Waals surface area contributed by atoms with Crippen molar-refractivity contribution < 1.29 is 19.5 Å². The zero-order chi connectivity index (χ0) is 16.2. The van der Waals surface area contributed by atoms with Crippen molar-refractivity contribution in [3.05, 3.63) is 35.9 Å². The molecule has 0 radical (unpaired) electrons. The van der Waals surface area contributed by atoms with Gasteiger partial charge < -0.3 is 15.3 Å². The maximum absolute atomic E-state index is 12.0. The molecule has 22 heavy (non-hydrogen) atoms. The maximum Gasteiger partial charge on any atom is 0.329 e. The highest BCUT2D eigenvalue weighted by Gasteiger charge is 2.51. The van der Waals surface area contributed by atoms with Gasteiger partial charge in [-0.2, -0.15) is 0 Å². The van der Waals surface area contributed by atoms with Crippen LogP contribution in [0.4, 0.5) is 0 Å². The Bertz CT molecular complexity index is 567. The fraction of sp³-hybridized carbons (Fsp3) is 0.438. The molecule has 0 aliphatic heterocycles. The number of nitrogens with one attached hydrogen (secondary N) is 1. The molecule has 1 aliphatic rings. The van der Waals surface area contributed by atoms with E-state index < -0.39 is 17.4 Å². The Morgan fingerprint density at radius 2 is 1.86 bits per heavy atom. The number of nitrogens with zero attached hydrogens (tertiary/aromatic N) is 1. The summed E-state index contributed by atoms with van der Waals surface area (Å²) in [5.41, 5.74) is -0.0303. The molecule has 1 saturated carbocycles. The molecule has 0 atom stereocenters. The molecule has 1 aromatic rings. The first-order valence-electron chi connectivity index (χ1n) is 7.27. The summed E-state index contributed by atoms with van der Waals surface area (Å²) in [7, 11) is 0. The van der Waals surface area contributed by atoms with E-state index in [0.29, 0.717) is 25.8 Å². The van der Waals surface area contributed by atoms with Gasteiger partial charge in [-0.25, -0.2) is 4.79 Å². The van der Waals surface area contributed by atoms with Gasteiger partial charge >= 0.3 is 5.97 Å². The van der Waals surface area contributed by atoms with E-state index in [0.717, 1.165) is 5.56 Å². The fourth-order valence-electron chi connectivity index (χ4n) is 2.25. The van der Waals surface area contributed by atoms with Crippen LogP contribution in [0, 0.1) is 0 Å². The van der Waals surface area contributed by atoms with E-state index in [4.69, 9.17) is 5.11 Å². The van der Waals surface area contributed by atoms with Crippen LogP contribution in [-0.2, 0) is 20.8 Å². The number of aliphatic carboxylic acids is 1. The van der Waals surface area contributed by atoms with E-state index >= 15 is 0 Å². The van der Waals surface area contributed by atoms with Crippen LogP contribution in [0.5, 0.6) is 0 Å². The Kier molecular flexibility index (Phi) is 4.80. The molecule has 0 aromatic heterocycles. The van der Waals surface area contributed by atoms with E-state index in [-0.39, 0.29) is 12.5 Å². The van der Waals surface area contributed by atoms with Crippen LogP contribution < -0.4 is 5.32 Å². The molecule has 0 spiro atoms. The van der Waals surface area contributed by atoms with Crippen molar-refractivity contribution in [2.75, 3.05) is 13.1 Å². The van der Waals surface area contributed by atoms with Crippen molar-refractivity contribution in [2.24, 2.45) is 0 Å². The molecular formula is C16H20N2O4. The molecule has 0 saturated heterocycles. The lowest BCUT2D eigenvalue weighted by Crippen LogP contribution is -2.48. The molecule has 118 valence electrons. The number of benzene rings is 1. The highest BCUT2D eigenvalue weighted by molar-refractivity contribution is 5.91. The van der Waals surface area contributed by atoms with Gasteiger partial charge in [0.15, 0.2) is 0 Å². The minimum absolute atomic E-state index is 0.114. The van der Waals surface area contributed by atoms with Gasteiger partial charge in [0.1, 0.15) is 5.54 Å². The van der Waals surface area contributed by atoms with Crippen LogP contribution in [0.15, 0.2) is 30.3 Å². The van der Waals surface area contributed by atoms with Gasteiger partial charge in [-0.3, -0.25) is 9.59 Å². The Balaban J connectivity index is 1.87. The molecule has 6 heteroatoms. The minimum Gasteiger partial charge on any atom is -0.480 e. The third-order valence-electron chi connectivity index (χ3n) is 3.83. The topological polar surface area (TPSA) is 86.7 Å². The molecule has 0 unspecified atom stereocenters. The van der Waals surface area contributed by atoms with E-state index in [1.807, 2.05) is 30.3 Å². The average molecular weight is 304 g/mol. The zero-order valence-corrected chi connectivity index (χ0v) is 12.5. The Hall–Kier alpha value is -2.37. The maximum atomic E-state index is 12.0. The van der Waals surface area contributed by atoms with Crippen molar-refractivity contribution in [1.29, 1.82) is 0 Å². The molecule has 1 aliphatic carbocycles. The Labute approximate surface area is 129 Å². The van der Waals surface area contributed by atoms with Crippen LogP contribution in [0.25, 0.3) is 0 Å². The highest BCUT2D eigenvalue weighted by atomic mass is 16.4. The van der Waals surface area contributed by atoms with Gasteiger partial charge in [-0.1, -0.05) is 30.3 Å². The monoisotopic (exact) mass is 304 g/mol. The number of carboxylic acid groups (broad SMARTS) is 1. The standard InChI is InChI=1S/C16H20N2O4/c1-12(19)18(10-7-13-5-3-2-4-6-13)11-14(20)17-16(8-9-16)15(21)22/h2-6H,7-11H2,1H3,(H,17,20)(H,21,22). The van der Waals surface area contributed by atoms with Crippen LogP contribution in [0.1, 0.15) is 25.3 Å². The van der Waals surface area contributed by atoms with E-state index in [2.05, 4.69) is 5.32 Å². The minimum atomic E-state index is -1.11. The predicted octanol–water partition coefficient (Wildman–Crippen LogP) is 0.811. The smallest absolute Gasteiger partial charge is 0.329 e. The van der Waals surface area contributed by atoms with Crippen molar-refractivity contribution in [3.8, 4) is 0 Å². The molecule has 0 bridgehead atoms. The summed E-state index contributed by atoms with van der Waals surface area (Å²) in [6.07, 6.45) is 1.54. The van der Waals surface area contributed by atoms with E-state index in [1.54, 1.807) is 0 Å². The molecule has 2 amide bonds. The molecule has 2 rings (SSSR count). The lowest BCUT2D eigenvalue weighted by Gasteiger charge is -2.22. The molecular weight excluding hydrogens is 284 g/mol. The quantitative estimate of drug-likeness (QED) is 0.780.